The number of rotatable bonds is 4. The molecule has 4 heteroatoms. The highest BCUT2D eigenvalue weighted by Crippen LogP contribution is 2.45. The number of benzene rings is 2. The summed E-state index contributed by atoms with van der Waals surface area (Å²) < 4.78 is 5.92. The molecule has 2 aromatic rings. The maximum absolute atomic E-state index is 11.0. The van der Waals surface area contributed by atoms with Crippen LogP contribution in [-0.2, 0) is 9.53 Å². The van der Waals surface area contributed by atoms with Gasteiger partial charge in [0, 0.05) is 18.0 Å². The van der Waals surface area contributed by atoms with Gasteiger partial charge in [-0.3, -0.25) is 4.90 Å². The fourth-order valence-corrected chi connectivity index (χ4v) is 4.69. The third kappa shape index (κ3) is 2.60. The van der Waals surface area contributed by atoms with Crippen LogP contribution in [0.2, 0.25) is 0 Å². The van der Waals surface area contributed by atoms with Crippen LogP contribution in [0.1, 0.15) is 30.7 Å². The SMILES string of the molecule is CN1[C@H]2CC[C@@H]1[C@H](OCC(=O)O)[C@H](c1cccc3ccccc13)C2. The fraction of sp³-hybridized carbons (Fsp3) is 0.450. The molecule has 2 aromatic carbocycles. The molecule has 2 saturated heterocycles. The van der Waals surface area contributed by atoms with Crippen molar-refractivity contribution in [3.8, 4) is 0 Å². The maximum Gasteiger partial charge on any atom is 0.329 e. The van der Waals surface area contributed by atoms with Crippen molar-refractivity contribution in [2.75, 3.05) is 13.7 Å². The molecular weight excluding hydrogens is 302 g/mol. The molecule has 1 N–H and O–H groups in total. The molecule has 2 fully saturated rings. The summed E-state index contributed by atoms with van der Waals surface area (Å²) in [7, 11) is 2.15. The van der Waals surface area contributed by atoms with Crippen molar-refractivity contribution in [2.45, 2.75) is 43.4 Å². The molecule has 2 aliphatic heterocycles. The lowest BCUT2D eigenvalue weighted by molar-refractivity contribution is -0.147. The van der Waals surface area contributed by atoms with Crippen molar-refractivity contribution in [2.24, 2.45) is 0 Å². The Balaban J connectivity index is 1.74. The first kappa shape index (κ1) is 15.6. The molecule has 2 bridgehead atoms. The highest BCUT2D eigenvalue weighted by molar-refractivity contribution is 5.86. The van der Waals surface area contributed by atoms with E-state index >= 15 is 0 Å². The van der Waals surface area contributed by atoms with Crippen molar-refractivity contribution in [3.05, 3.63) is 48.0 Å². The van der Waals surface area contributed by atoms with E-state index in [1.807, 2.05) is 0 Å². The number of carbonyl (C=O) groups is 1. The summed E-state index contributed by atoms with van der Waals surface area (Å²) in [4.78, 5) is 13.4. The first-order valence-electron chi connectivity index (χ1n) is 8.68. The van der Waals surface area contributed by atoms with Crippen LogP contribution >= 0.6 is 0 Å². The Morgan fingerprint density at radius 3 is 2.83 bits per heavy atom. The number of hydrogen-bond acceptors (Lipinski definition) is 3. The first-order valence-corrected chi connectivity index (χ1v) is 8.68. The zero-order valence-corrected chi connectivity index (χ0v) is 13.9. The van der Waals surface area contributed by atoms with Crippen LogP contribution in [0.25, 0.3) is 10.8 Å². The van der Waals surface area contributed by atoms with Crippen molar-refractivity contribution >= 4 is 16.7 Å². The molecule has 0 radical (unpaired) electrons. The van der Waals surface area contributed by atoms with E-state index in [2.05, 4.69) is 54.4 Å². The standard InChI is InChI=1S/C20H23NO3/c1-21-14-9-10-18(21)20(24-12-19(22)23)17(11-14)16-8-4-6-13-5-2-3-7-15(13)16/h2-8,14,17-18,20H,9-12H2,1H3,(H,22,23)/t14-,17-,18+,20+/m0/s1. The summed E-state index contributed by atoms with van der Waals surface area (Å²) in [5, 5.41) is 11.6. The van der Waals surface area contributed by atoms with Crippen LogP contribution in [0.15, 0.2) is 42.5 Å². The third-order valence-corrected chi connectivity index (χ3v) is 5.82. The van der Waals surface area contributed by atoms with Crippen molar-refractivity contribution in [1.29, 1.82) is 0 Å². The van der Waals surface area contributed by atoms with E-state index in [9.17, 15) is 4.79 Å². The molecule has 2 aliphatic rings. The van der Waals surface area contributed by atoms with Gasteiger partial charge < -0.3 is 9.84 Å². The van der Waals surface area contributed by atoms with E-state index in [0.717, 1.165) is 12.8 Å². The Morgan fingerprint density at radius 1 is 1.21 bits per heavy atom. The first-order chi connectivity index (χ1) is 11.6. The minimum absolute atomic E-state index is 0.0596. The second-order valence-electron chi connectivity index (χ2n) is 7.04. The van der Waals surface area contributed by atoms with E-state index < -0.39 is 5.97 Å². The lowest BCUT2D eigenvalue weighted by Gasteiger charge is -2.43. The maximum atomic E-state index is 11.0. The molecule has 4 rings (SSSR count). The van der Waals surface area contributed by atoms with Crippen molar-refractivity contribution < 1.29 is 14.6 Å². The van der Waals surface area contributed by atoms with E-state index in [1.54, 1.807) is 0 Å². The average Bonchev–Trinajstić information content (AvgIpc) is 2.83. The van der Waals surface area contributed by atoms with Gasteiger partial charge in [-0.05, 0) is 42.6 Å². The molecule has 4 nitrogen and oxygen atoms in total. The Kier molecular flexibility index (Phi) is 4.02. The van der Waals surface area contributed by atoms with Gasteiger partial charge in [0.05, 0.1) is 6.10 Å². The van der Waals surface area contributed by atoms with E-state index in [-0.39, 0.29) is 18.6 Å². The molecule has 0 aromatic heterocycles. The molecule has 0 spiro atoms. The summed E-state index contributed by atoms with van der Waals surface area (Å²) in [5.41, 5.74) is 1.30. The van der Waals surface area contributed by atoms with Gasteiger partial charge in [0.1, 0.15) is 6.61 Å². The molecule has 0 aliphatic carbocycles. The molecule has 0 unspecified atom stereocenters. The highest BCUT2D eigenvalue weighted by atomic mass is 16.5. The summed E-state index contributed by atoms with van der Waals surface area (Å²) in [5.74, 6) is -0.640. The van der Waals surface area contributed by atoms with Gasteiger partial charge >= 0.3 is 5.97 Å². The number of carboxylic acid groups (broad SMARTS) is 1. The zero-order valence-electron chi connectivity index (χ0n) is 13.9. The number of piperidine rings is 1. The lowest BCUT2D eigenvalue weighted by Crippen LogP contribution is -2.50. The number of ether oxygens (including phenoxy) is 1. The normalized spacial score (nSPS) is 29.9. The number of nitrogens with zero attached hydrogens (tertiary/aromatic N) is 1. The van der Waals surface area contributed by atoms with Gasteiger partial charge in [-0.25, -0.2) is 4.79 Å². The molecule has 4 atom stereocenters. The minimum atomic E-state index is -0.894. The van der Waals surface area contributed by atoms with Gasteiger partial charge in [-0.2, -0.15) is 0 Å². The smallest absolute Gasteiger partial charge is 0.329 e. The fourth-order valence-electron chi connectivity index (χ4n) is 4.69. The molecule has 24 heavy (non-hydrogen) atoms. The predicted octanol–water partition coefficient (Wildman–Crippen LogP) is 3.26. The van der Waals surface area contributed by atoms with Crippen LogP contribution in [-0.4, -0.2) is 47.8 Å². The monoisotopic (exact) mass is 325 g/mol. The van der Waals surface area contributed by atoms with Crippen molar-refractivity contribution in [3.63, 3.8) is 0 Å². The van der Waals surface area contributed by atoms with E-state index in [0.29, 0.717) is 12.1 Å². The van der Waals surface area contributed by atoms with Gasteiger partial charge in [0.2, 0.25) is 0 Å². The van der Waals surface area contributed by atoms with Gasteiger partial charge in [0.25, 0.3) is 0 Å². The molecule has 0 amide bonds. The third-order valence-electron chi connectivity index (χ3n) is 5.82. The van der Waals surface area contributed by atoms with Crippen LogP contribution in [0.4, 0.5) is 0 Å². The van der Waals surface area contributed by atoms with Crippen LogP contribution in [0.5, 0.6) is 0 Å². The Bertz CT molecular complexity index is 754. The molecule has 0 saturated carbocycles. The Morgan fingerprint density at radius 2 is 2.00 bits per heavy atom. The molecule has 2 heterocycles. The Hall–Kier alpha value is -1.91. The number of aliphatic carboxylic acids is 1. The molecule has 126 valence electrons. The largest absolute Gasteiger partial charge is 0.480 e. The topological polar surface area (TPSA) is 49.8 Å². The minimum Gasteiger partial charge on any atom is -0.480 e. The highest BCUT2D eigenvalue weighted by Gasteiger charge is 2.47. The summed E-state index contributed by atoms with van der Waals surface area (Å²) in [6, 6.07) is 15.7. The summed E-state index contributed by atoms with van der Waals surface area (Å²) >= 11 is 0. The van der Waals surface area contributed by atoms with Crippen LogP contribution < -0.4 is 0 Å². The average molecular weight is 325 g/mol. The number of fused-ring (bicyclic) bond motifs is 3. The predicted molar refractivity (Wildman–Crippen MR) is 93.3 cm³/mol. The summed E-state index contributed by atoms with van der Waals surface area (Å²) in [6.07, 6.45) is 3.24. The van der Waals surface area contributed by atoms with E-state index in [4.69, 9.17) is 9.84 Å². The Labute approximate surface area is 142 Å². The second kappa shape index (κ2) is 6.19. The lowest BCUT2D eigenvalue weighted by atomic mass is 9.80. The van der Waals surface area contributed by atoms with Gasteiger partial charge in [-0.15, -0.1) is 0 Å². The number of carboxylic acids is 1. The number of hydrogen-bond donors (Lipinski definition) is 1. The quantitative estimate of drug-likeness (QED) is 0.937. The second-order valence-corrected chi connectivity index (χ2v) is 7.04. The van der Waals surface area contributed by atoms with Gasteiger partial charge in [-0.1, -0.05) is 42.5 Å². The number of likely N-dealkylation sites (N-methyl/N-ethyl adjacent to an activating group) is 1. The summed E-state index contributed by atoms with van der Waals surface area (Å²) in [6.45, 7) is -0.221. The van der Waals surface area contributed by atoms with Crippen molar-refractivity contribution in [1.82, 2.24) is 4.90 Å². The zero-order chi connectivity index (χ0) is 16.7. The van der Waals surface area contributed by atoms with E-state index in [1.165, 1.54) is 22.8 Å². The van der Waals surface area contributed by atoms with Crippen LogP contribution in [0, 0.1) is 0 Å². The van der Waals surface area contributed by atoms with Crippen LogP contribution in [0.3, 0.4) is 0 Å². The molecular formula is C20H23NO3. The van der Waals surface area contributed by atoms with Gasteiger partial charge in [0.15, 0.2) is 0 Å².